The lowest BCUT2D eigenvalue weighted by molar-refractivity contribution is -0.274. The number of benzene rings is 1. The van der Waals surface area contributed by atoms with Gasteiger partial charge in [0.05, 0.1) is 0 Å². The maximum atomic E-state index is 11.9. The van der Waals surface area contributed by atoms with Gasteiger partial charge in [-0.05, 0) is 24.3 Å². The highest BCUT2D eigenvalue weighted by Gasteiger charge is 2.31. The van der Waals surface area contributed by atoms with Crippen LogP contribution < -0.4 is 4.74 Å². The molecule has 0 radical (unpaired) electrons. The van der Waals surface area contributed by atoms with Gasteiger partial charge in [-0.1, -0.05) is 0 Å². The number of alkyl halides is 3. The van der Waals surface area contributed by atoms with Crippen molar-refractivity contribution in [2.24, 2.45) is 0 Å². The van der Waals surface area contributed by atoms with E-state index in [2.05, 4.69) is 9.47 Å². The van der Waals surface area contributed by atoms with Crippen molar-refractivity contribution >= 4 is 11.8 Å². The Kier molecular flexibility index (Phi) is 4.87. The van der Waals surface area contributed by atoms with E-state index in [1.165, 1.54) is 0 Å². The molecule has 0 spiro atoms. The molecule has 1 rings (SSSR count). The average Bonchev–Trinajstić information content (AvgIpc) is 2.27. The highest BCUT2D eigenvalue weighted by molar-refractivity contribution is 5.97. The highest BCUT2D eigenvalue weighted by atomic mass is 19.4. The van der Waals surface area contributed by atoms with Gasteiger partial charge in [0, 0.05) is 5.56 Å². The first-order valence-electron chi connectivity index (χ1n) is 4.96. The summed E-state index contributed by atoms with van der Waals surface area (Å²) < 4.78 is 43.8. The number of carboxylic acids is 1. The number of Topliss-reactive ketones (excluding diaryl/α,β-unsaturated/α-hetero) is 1. The van der Waals surface area contributed by atoms with Crippen LogP contribution in [0.15, 0.2) is 24.3 Å². The van der Waals surface area contributed by atoms with Gasteiger partial charge in [-0.25, -0.2) is 4.79 Å². The third-order valence-corrected chi connectivity index (χ3v) is 1.87. The van der Waals surface area contributed by atoms with E-state index in [1.807, 2.05) is 0 Å². The van der Waals surface area contributed by atoms with Crippen molar-refractivity contribution in [3.8, 4) is 5.75 Å². The van der Waals surface area contributed by atoms with Gasteiger partial charge in [0.1, 0.15) is 19.0 Å². The molecule has 1 aromatic rings. The molecule has 1 N–H and O–H groups in total. The Balaban J connectivity index is 2.56. The number of carbonyl (C=O) groups excluding carboxylic acids is 1. The number of carboxylic acid groups (broad SMARTS) is 1. The maximum Gasteiger partial charge on any atom is 0.573 e. The Labute approximate surface area is 105 Å². The van der Waals surface area contributed by atoms with Gasteiger partial charge in [-0.3, -0.25) is 4.79 Å². The maximum absolute atomic E-state index is 11.9. The fraction of sp³-hybridized carbons (Fsp3) is 0.273. The van der Waals surface area contributed by atoms with Crippen LogP contribution in [0.4, 0.5) is 13.2 Å². The molecule has 0 aromatic heterocycles. The van der Waals surface area contributed by atoms with Gasteiger partial charge in [0.25, 0.3) is 0 Å². The quantitative estimate of drug-likeness (QED) is 0.804. The molecule has 0 saturated carbocycles. The monoisotopic (exact) mass is 278 g/mol. The van der Waals surface area contributed by atoms with Gasteiger partial charge >= 0.3 is 12.3 Å². The Morgan fingerprint density at radius 3 is 2.16 bits per heavy atom. The van der Waals surface area contributed by atoms with Crippen LogP contribution in [0.1, 0.15) is 10.4 Å². The SMILES string of the molecule is O=C(O)COCC(=O)c1ccc(OC(F)(F)F)cc1. The van der Waals surface area contributed by atoms with E-state index in [0.29, 0.717) is 0 Å². The molecule has 0 heterocycles. The summed E-state index contributed by atoms with van der Waals surface area (Å²) in [7, 11) is 0. The van der Waals surface area contributed by atoms with Crippen LogP contribution in [0.5, 0.6) is 5.75 Å². The Morgan fingerprint density at radius 1 is 1.11 bits per heavy atom. The van der Waals surface area contributed by atoms with Crippen molar-refractivity contribution in [1.29, 1.82) is 0 Å². The minimum Gasteiger partial charge on any atom is -0.480 e. The van der Waals surface area contributed by atoms with E-state index >= 15 is 0 Å². The van der Waals surface area contributed by atoms with Gasteiger partial charge < -0.3 is 14.6 Å². The van der Waals surface area contributed by atoms with E-state index in [9.17, 15) is 22.8 Å². The lowest BCUT2D eigenvalue weighted by Gasteiger charge is -2.08. The fourth-order valence-corrected chi connectivity index (χ4v) is 1.16. The predicted molar refractivity (Wildman–Crippen MR) is 55.9 cm³/mol. The molecule has 0 atom stereocenters. The highest BCUT2D eigenvalue weighted by Crippen LogP contribution is 2.22. The third kappa shape index (κ3) is 5.87. The second-order valence-electron chi connectivity index (χ2n) is 3.38. The average molecular weight is 278 g/mol. The van der Waals surface area contributed by atoms with Crippen LogP contribution in [0.2, 0.25) is 0 Å². The zero-order valence-electron chi connectivity index (χ0n) is 9.44. The summed E-state index contributed by atoms with van der Waals surface area (Å²) in [4.78, 5) is 21.6. The summed E-state index contributed by atoms with van der Waals surface area (Å²) in [6.07, 6.45) is -4.80. The Morgan fingerprint density at radius 2 is 1.68 bits per heavy atom. The van der Waals surface area contributed by atoms with E-state index in [0.717, 1.165) is 24.3 Å². The molecule has 0 unspecified atom stereocenters. The molecule has 0 amide bonds. The van der Waals surface area contributed by atoms with Crippen LogP contribution in [0.3, 0.4) is 0 Å². The Hall–Kier alpha value is -2.09. The second kappa shape index (κ2) is 6.19. The molecule has 19 heavy (non-hydrogen) atoms. The molecule has 0 bridgehead atoms. The number of ketones is 1. The molecular weight excluding hydrogens is 269 g/mol. The van der Waals surface area contributed by atoms with Gasteiger partial charge in [0.2, 0.25) is 0 Å². The standard InChI is InChI=1S/C11H9F3O5/c12-11(13,14)19-8-3-1-7(2-4-8)9(15)5-18-6-10(16)17/h1-4H,5-6H2,(H,16,17). The van der Waals surface area contributed by atoms with Crippen LogP contribution in [0, 0.1) is 0 Å². The fourth-order valence-electron chi connectivity index (χ4n) is 1.16. The first kappa shape index (κ1) is 15.0. The first-order valence-corrected chi connectivity index (χ1v) is 4.96. The number of rotatable bonds is 6. The normalized spacial score (nSPS) is 11.1. The summed E-state index contributed by atoms with van der Waals surface area (Å²) in [6.45, 7) is -1.09. The van der Waals surface area contributed by atoms with Crippen LogP contribution in [0.25, 0.3) is 0 Å². The van der Waals surface area contributed by atoms with Crippen molar-refractivity contribution < 1.29 is 37.3 Å². The zero-order chi connectivity index (χ0) is 14.5. The van der Waals surface area contributed by atoms with Crippen molar-refractivity contribution in [1.82, 2.24) is 0 Å². The molecule has 0 fully saturated rings. The second-order valence-corrected chi connectivity index (χ2v) is 3.38. The van der Waals surface area contributed by atoms with Gasteiger partial charge in [-0.15, -0.1) is 13.2 Å². The molecule has 0 aliphatic carbocycles. The number of ether oxygens (including phenoxy) is 2. The molecule has 5 nitrogen and oxygen atoms in total. The summed E-state index contributed by atoms with van der Waals surface area (Å²) in [6, 6.07) is 4.23. The summed E-state index contributed by atoms with van der Waals surface area (Å²) >= 11 is 0. The lowest BCUT2D eigenvalue weighted by Crippen LogP contribution is -2.17. The molecule has 1 aromatic carbocycles. The number of hydrogen-bond donors (Lipinski definition) is 1. The van der Waals surface area contributed by atoms with Crippen molar-refractivity contribution in [2.45, 2.75) is 6.36 Å². The molecule has 104 valence electrons. The van der Waals surface area contributed by atoms with Gasteiger partial charge in [-0.2, -0.15) is 0 Å². The largest absolute Gasteiger partial charge is 0.573 e. The van der Waals surface area contributed by atoms with E-state index in [1.54, 1.807) is 0 Å². The van der Waals surface area contributed by atoms with Crippen LogP contribution in [-0.2, 0) is 9.53 Å². The number of carbonyl (C=O) groups is 2. The molecular formula is C11H9F3O5. The molecule has 0 aliphatic heterocycles. The van der Waals surface area contributed by atoms with E-state index in [-0.39, 0.29) is 5.56 Å². The van der Waals surface area contributed by atoms with E-state index in [4.69, 9.17) is 5.11 Å². The number of hydrogen-bond acceptors (Lipinski definition) is 4. The van der Waals surface area contributed by atoms with E-state index < -0.39 is 37.1 Å². The number of halogens is 3. The zero-order valence-corrected chi connectivity index (χ0v) is 9.44. The van der Waals surface area contributed by atoms with Crippen molar-refractivity contribution in [3.05, 3.63) is 29.8 Å². The van der Waals surface area contributed by atoms with Crippen molar-refractivity contribution in [3.63, 3.8) is 0 Å². The smallest absolute Gasteiger partial charge is 0.480 e. The lowest BCUT2D eigenvalue weighted by atomic mass is 10.1. The third-order valence-electron chi connectivity index (χ3n) is 1.87. The van der Waals surface area contributed by atoms with Crippen LogP contribution >= 0.6 is 0 Å². The predicted octanol–water partition coefficient (Wildman–Crippen LogP) is 1.87. The Bertz CT molecular complexity index is 452. The first-order chi connectivity index (χ1) is 8.78. The summed E-state index contributed by atoms with van der Waals surface area (Å²) in [5.74, 6) is -2.21. The summed E-state index contributed by atoms with van der Waals surface area (Å²) in [5, 5.41) is 8.28. The minimum atomic E-state index is -4.80. The van der Waals surface area contributed by atoms with Crippen LogP contribution in [-0.4, -0.2) is 36.4 Å². The molecule has 8 heteroatoms. The number of aliphatic carboxylic acids is 1. The molecule has 0 aliphatic rings. The molecule has 0 saturated heterocycles. The topological polar surface area (TPSA) is 72.8 Å². The minimum absolute atomic E-state index is 0.0971. The van der Waals surface area contributed by atoms with Crippen molar-refractivity contribution in [2.75, 3.05) is 13.2 Å². The summed E-state index contributed by atoms with van der Waals surface area (Å²) in [5.41, 5.74) is 0.0971. The van der Waals surface area contributed by atoms with Gasteiger partial charge in [0.15, 0.2) is 5.78 Å².